The Morgan fingerprint density at radius 1 is 1.00 bits per heavy atom. The van der Waals surface area contributed by atoms with Crippen molar-refractivity contribution in [1.29, 1.82) is 0 Å². The van der Waals surface area contributed by atoms with Crippen molar-refractivity contribution >= 4 is 19.9 Å². The average Bonchev–Trinajstić information content (AvgIpc) is 3.13. The van der Waals surface area contributed by atoms with E-state index in [0.717, 1.165) is 25.7 Å². The third kappa shape index (κ3) is 2.00. The Kier molecular flexibility index (Phi) is 2.99. The lowest BCUT2D eigenvalue weighted by atomic mass is 9.94. The van der Waals surface area contributed by atoms with Gasteiger partial charge < -0.3 is 0 Å². The lowest BCUT2D eigenvalue weighted by Crippen LogP contribution is -2.58. The molecule has 2 saturated carbocycles. The van der Waals surface area contributed by atoms with Crippen molar-refractivity contribution in [2.45, 2.75) is 55.1 Å². The van der Waals surface area contributed by atoms with Crippen LogP contribution in [0.15, 0.2) is 0 Å². The number of sulfone groups is 1. The van der Waals surface area contributed by atoms with E-state index in [1.54, 1.807) is 0 Å². The summed E-state index contributed by atoms with van der Waals surface area (Å²) in [7, 11) is -6.33. The maximum Gasteiger partial charge on any atom is 0.217 e. The Morgan fingerprint density at radius 3 is 2.33 bits per heavy atom. The second-order valence-corrected chi connectivity index (χ2v) is 10.1. The molecule has 18 heavy (non-hydrogen) atoms. The highest BCUT2D eigenvalue weighted by atomic mass is 32.2. The van der Waals surface area contributed by atoms with Crippen LogP contribution in [0, 0.1) is 0 Å². The lowest BCUT2D eigenvalue weighted by molar-refractivity contribution is 0.250. The number of rotatable bonds is 2. The van der Waals surface area contributed by atoms with Gasteiger partial charge in [-0.1, -0.05) is 12.8 Å². The van der Waals surface area contributed by atoms with Gasteiger partial charge in [0.05, 0.1) is 16.3 Å². The molecule has 1 saturated heterocycles. The van der Waals surface area contributed by atoms with Crippen LogP contribution in [0.1, 0.15) is 38.5 Å². The zero-order chi connectivity index (χ0) is 13.0. The lowest BCUT2D eigenvalue weighted by Gasteiger charge is -2.42. The molecule has 104 valence electrons. The molecule has 2 unspecified atom stereocenters. The molecule has 0 radical (unpaired) electrons. The smallest absolute Gasteiger partial charge is 0.217 e. The topological polar surface area (TPSA) is 71.5 Å². The highest BCUT2D eigenvalue weighted by molar-refractivity contribution is 7.93. The monoisotopic (exact) mass is 293 g/mol. The first kappa shape index (κ1) is 12.9. The minimum atomic E-state index is -3.24. The van der Waals surface area contributed by atoms with Crippen LogP contribution < -0.4 is 0 Å². The van der Waals surface area contributed by atoms with E-state index in [-0.39, 0.29) is 23.6 Å². The summed E-state index contributed by atoms with van der Waals surface area (Å²) in [4.78, 5) is 0. The standard InChI is InChI=1S/C11H19NO4S2/c13-17(14)8-7-12(18(15,16)9-5-6-9)10-3-1-2-4-11(10)17/h9-11H,1-8H2. The summed E-state index contributed by atoms with van der Waals surface area (Å²) in [6.07, 6.45) is 4.65. The van der Waals surface area contributed by atoms with Crippen molar-refractivity contribution in [1.82, 2.24) is 4.31 Å². The summed E-state index contributed by atoms with van der Waals surface area (Å²) in [5, 5.41) is -0.686. The Bertz CT molecular complexity index is 535. The molecule has 3 rings (SSSR count). The molecule has 2 atom stereocenters. The molecule has 1 aliphatic heterocycles. The van der Waals surface area contributed by atoms with E-state index in [0.29, 0.717) is 12.8 Å². The SMILES string of the molecule is O=S1(=O)CCN(S(=O)(=O)C2CC2)C2CCCCC21. The summed E-state index contributed by atoms with van der Waals surface area (Å²) >= 11 is 0. The molecule has 0 aromatic carbocycles. The van der Waals surface area contributed by atoms with E-state index in [4.69, 9.17) is 0 Å². The largest absolute Gasteiger partial charge is 0.228 e. The maximum absolute atomic E-state index is 12.3. The van der Waals surface area contributed by atoms with Crippen LogP contribution in [-0.4, -0.2) is 50.0 Å². The van der Waals surface area contributed by atoms with Crippen molar-refractivity contribution in [3.63, 3.8) is 0 Å². The molecule has 0 bridgehead atoms. The van der Waals surface area contributed by atoms with Crippen molar-refractivity contribution in [2.24, 2.45) is 0 Å². The maximum atomic E-state index is 12.3. The van der Waals surface area contributed by atoms with Gasteiger partial charge in [0.2, 0.25) is 10.0 Å². The molecule has 7 heteroatoms. The predicted octanol–water partition coefficient (Wildman–Crippen LogP) is 0.520. The number of hydrogen-bond acceptors (Lipinski definition) is 4. The Hall–Kier alpha value is -0.140. The minimum Gasteiger partial charge on any atom is -0.228 e. The minimum absolute atomic E-state index is 0.000116. The van der Waals surface area contributed by atoms with E-state index in [2.05, 4.69) is 0 Å². The summed E-state index contributed by atoms with van der Waals surface area (Å²) in [6.45, 7) is 0.169. The van der Waals surface area contributed by atoms with Crippen LogP contribution in [0.25, 0.3) is 0 Å². The van der Waals surface area contributed by atoms with Gasteiger partial charge in [-0.2, -0.15) is 4.31 Å². The molecular weight excluding hydrogens is 274 g/mol. The van der Waals surface area contributed by atoms with Crippen LogP contribution in [0.4, 0.5) is 0 Å². The number of sulfonamides is 1. The first-order valence-corrected chi connectivity index (χ1v) is 9.87. The van der Waals surface area contributed by atoms with Gasteiger partial charge in [0.25, 0.3) is 0 Å². The number of hydrogen-bond donors (Lipinski definition) is 0. The van der Waals surface area contributed by atoms with Gasteiger partial charge in [0.15, 0.2) is 9.84 Å². The van der Waals surface area contributed by atoms with Crippen LogP contribution in [-0.2, 0) is 19.9 Å². The quantitative estimate of drug-likeness (QED) is 0.744. The molecular formula is C11H19NO4S2. The van der Waals surface area contributed by atoms with E-state index >= 15 is 0 Å². The molecule has 0 spiro atoms. The molecule has 5 nitrogen and oxygen atoms in total. The summed E-state index contributed by atoms with van der Waals surface area (Å²) in [5.74, 6) is 0.000116. The fraction of sp³-hybridized carbons (Fsp3) is 1.00. The van der Waals surface area contributed by atoms with Crippen molar-refractivity contribution in [2.75, 3.05) is 12.3 Å². The third-order valence-electron chi connectivity index (χ3n) is 4.37. The normalized spacial score (nSPS) is 37.1. The van der Waals surface area contributed by atoms with E-state index in [1.165, 1.54) is 4.31 Å². The Balaban J connectivity index is 1.93. The van der Waals surface area contributed by atoms with Crippen LogP contribution in [0.5, 0.6) is 0 Å². The van der Waals surface area contributed by atoms with Gasteiger partial charge in [0, 0.05) is 12.6 Å². The molecule has 0 amide bonds. The summed E-state index contributed by atoms with van der Waals surface area (Å²) < 4.78 is 50.3. The molecule has 3 aliphatic rings. The number of fused-ring (bicyclic) bond motifs is 1. The molecule has 0 aromatic heterocycles. The highest BCUT2D eigenvalue weighted by Crippen LogP contribution is 2.38. The highest BCUT2D eigenvalue weighted by Gasteiger charge is 2.50. The first-order chi connectivity index (χ1) is 8.43. The molecule has 3 fully saturated rings. The molecule has 0 aromatic rings. The van der Waals surface area contributed by atoms with Crippen LogP contribution in [0.2, 0.25) is 0 Å². The van der Waals surface area contributed by atoms with E-state index in [9.17, 15) is 16.8 Å². The summed E-state index contributed by atoms with van der Waals surface area (Å²) in [5.41, 5.74) is 0. The van der Waals surface area contributed by atoms with Gasteiger partial charge in [-0.3, -0.25) is 0 Å². The summed E-state index contributed by atoms with van der Waals surface area (Å²) in [6, 6.07) is -0.289. The Labute approximate surface area is 109 Å². The Morgan fingerprint density at radius 2 is 1.67 bits per heavy atom. The molecule has 2 aliphatic carbocycles. The number of nitrogens with zero attached hydrogens (tertiary/aromatic N) is 1. The van der Waals surface area contributed by atoms with Gasteiger partial charge in [0.1, 0.15) is 0 Å². The fourth-order valence-electron chi connectivity index (χ4n) is 3.23. The predicted molar refractivity (Wildman–Crippen MR) is 68.5 cm³/mol. The van der Waals surface area contributed by atoms with Crippen molar-refractivity contribution < 1.29 is 16.8 Å². The van der Waals surface area contributed by atoms with E-state index < -0.39 is 25.1 Å². The first-order valence-electron chi connectivity index (χ1n) is 6.65. The average molecular weight is 293 g/mol. The molecule has 0 N–H and O–H groups in total. The van der Waals surface area contributed by atoms with Gasteiger partial charge in [-0.15, -0.1) is 0 Å². The van der Waals surface area contributed by atoms with Crippen LogP contribution in [0.3, 0.4) is 0 Å². The second-order valence-electron chi connectivity index (χ2n) is 5.61. The zero-order valence-corrected chi connectivity index (χ0v) is 11.9. The van der Waals surface area contributed by atoms with E-state index in [1.807, 2.05) is 0 Å². The van der Waals surface area contributed by atoms with Gasteiger partial charge in [-0.25, -0.2) is 16.8 Å². The zero-order valence-electron chi connectivity index (χ0n) is 10.3. The van der Waals surface area contributed by atoms with Crippen LogP contribution >= 0.6 is 0 Å². The fourth-order valence-corrected chi connectivity index (χ4v) is 7.56. The molecule has 1 heterocycles. The third-order valence-corrected chi connectivity index (χ3v) is 9.01. The van der Waals surface area contributed by atoms with Gasteiger partial charge in [-0.05, 0) is 25.7 Å². The second kappa shape index (κ2) is 4.18. The van der Waals surface area contributed by atoms with Gasteiger partial charge >= 0.3 is 0 Å². The van der Waals surface area contributed by atoms with Crippen molar-refractivity contribution in [3.05, 3.63) is 0 Å². The van der Waals surface area contributed by atoms with Crippen molar-refractivity contribution in [3.8, 4) is 0 Å².